The molecule has 9 heavy (non-hydrogen) atoms. The van der Waals surface area contributed by atoms with Crippen molar-refractivity contribution in [3.8, 4) is 0 Å². The highest BCUT2D eigenvalue weighted by Crippen LogP contribution is 2.23. The van der Waals surface area contributed by atoms with Gasteiger partial charge >= 0.3 is 7.95 Å². The van der Waals surface area contributed by atoms with Crippen LogP contribution in [0.15, 0.2) is 4.88 Å². The Morgan fingerprint density at radius 1 is 1.78 bits per heavy atom. The van der Waals surface area contributed by atoms with E-state index in [2.05, 4.69) is 9.80 Å². The smallest absolute Gasteiger partial charge is 0.0652 e. The van der Waals surface area contributed by atoms with Crippen LogP contribution < -0.4 is 0 Å². The maximum atomic E-state index is 10.5. The van der Waals surface area contributed by atoms with Crippen LogP contribution in [0.2, 0.25) is 0 Å². The summed E-state index contributed by atoms with van der Waals surface area (Å²) in [5.41, 5.74) is 7.81. The number of hydrogen-bond donors (Lipinski definition) is 0. The molecule has 0 spiro atoms. The van der Waals surface area contributed by atoms with Crippen molar-refractivity contribution in [2.24, 2.45) is 4.88 Å². The predicted octanol–water partition coefficient (Wildman–Crippen LogP) is 2.84. The summed E-state index contributed by atoms with van der Waals surface area (Å²) in [4.78, 5) is 5.48. The first-order valence-corrected chi connectivity index (χ1v) is 4.20. The van der Waals surface area contributed by atoms with E-state index in [1.807, 2.05) is 6.92 Å². The van der Waals surface area contributed by atoms with Crippen LogP contribution in [-0.4, -0.2) is 6.16 Å². The SMILES string of the molecule is CCCC[P+](=O)N=[N+]=[N-]. The Morgan fingerprint density at radius 2 is 2.44 bits per heavy atom. The molecule has 0 aromatic carbocycles. The van der Waals surface area contributed by atoms with E-state index in [0.29, 0.717) is 6.16 Å². The molecule has 0 saturated heterocycles. The Hall–Kier alpha value is -0.590. The van der Waals surface area contributed by atoms with Crippen LogP contribution in [0.4, 0.5) is 0 Å². The second-order valence-electron chi connectivity index (χ2n) is 1.61. The molecule has 0 aliphatic carbocycles. The van der Waals surface area contributed by atoms with Crippen LogP contribution in [0.1, 0.15) is 19.8 Å². The molecule has 0 radical (unpaired) electrons. The molecule has 0 rings (SSSR count). The second-order valence-corrected chi connectivity index (χ2v) is 2.94. The van der Waals surface area contributed by atoms with Gasteiger partial charge in [-0.3, -0.25) is 0 Å². The number of azide groups is 1. The largest absolute Gasteiger partial charge is 0.461 e. The molecule has 1 unspecified atom stereocenters. The summed E-state index contributed by atoms with van der Waals surface area (Å²) in [6.45, 7) is 2.00. The van der Waals surface area contributed by atoms with E-state index in [1.54, 1.807) is 0 Å². The van der Waals surface area contributed by atoms with E-state index >= 15 is 0 Å². The third kappa shape index (κ3) is 5.28. The predicted molar refractivity (Wildman–Crippen MR) is 36.5 cm³/mol. The lowest BCUT2D eigenvalue weighted by atomic mass is 10.4. The molecule has 0 N–H and O–H groups in total. The summed E-state index contributed by atoms with van der Waals surface area (Å²) in [6.07, 6.45) is 2.38. The lowest BCUT2D eigenvalue weighted by Gasteiger charge is -1.76. The maximum absolute atomic E-state index is 10.5. The molecule has 0 aromatic heterocycles. The molecule has 0 bridgehead atoms. The van der Waals surface area contributed by atoms with Gasteiger partial charge in [-0.2, -0.15) is 0 Å². The zero-order chi connectivity index (χ0) is 7.11. The topological polar surface area (TPSA) is 65.8 Å². The Bertz CT molecular complexity index is 141. The summed E-state index contributed by atoms with van der Waals surface area (Å²) in [5, 5.41) is 0. The Labute approximate surface area is 54.7 Å². The minimum Gasteiger partial charge on any atom is -0.0652 e. The Morgan fingerprint density at radius 3 is 2.89 bits per heavy atom. The van der Waals surface area contributed by atoms with E-state index in [-0.39, 0.29) is 0 Å². The van der Waals surface area contributed by atoms with Gasteiger partial charge in [0.2, 0.25) is 0 Å². The third-order valence-corrected chi connectivity index (χ3v) is 1.82. The van der Waals surface area contributed by atoms with Crippen molar-refractivity contribution in [3.05, 3.63) is 10.4 Å². The van der Waals surface area contributed by atoms with Gasteiger partial charge in [0, 0.05) is 10.4 Å². The van der Waals surface area contributed by atoms with E-state index in [1.165, 1.54) is 0 Å². The maximum Gasteiger partial charge on any atom is 0.461 e. The van der Waals surface area contributed by atoms with E-state index in [0.717, 1.165) is 12.8 Å². The minimum absolute atomic E-state index is 0.524. The van der Waals surface area contributed by atoms with Crippen LogP contribution >= 0.6 is 7.95 Å². The van der Waals surface area contributed by atoms with Gasteiger partial charge in [-0.05, 0) is 6.42 Å². The van der Waals surface area contributed by atoms with Gasteiger partial charge in [0.1, 0.15) is 0 Å². The average Bonchev–Trinajstić information content (AvgIpc) is 1.85. The molecule has 5 heteroatoms. The van der Waals surface area contributed by atoms with E-state index in [9.17, 15) is 4.57 Å². The molecule has 0 aliphatic rings. The first kappa shape index (κ1) is 8.41. The van der Waals surface area contributed by atoms with Crippen molar-refractivity contribution >= 4 is 7.95 Å². The lowest BCUT2D eigenvalue weighted by molar-refractivity contribution is 0.586. The Kier molecular flexibility index (Phi) is 5.18. The molecule has 0 amide bonds. The van der Waals surface area contributed by atoms with Crippen LogP contribution in [0.3, 0.4) is 0 Å². The Balaban J connectivity index is 3.39. The normalized spacial score (nSPS) is 10.1. The highest BCUT2D eigenvalue weighted by Gasteiger charge is 2.09. The highest BCUT2D eigenvalue weighted by atomic mass is 31.1. The summed E-state index contributed by atoms with van der Waals surface area (Å²) >= 11 is 0. The zero-order valence-electron chi connectivity index (χ0n) is 5.32. The number of nitrogens with zero attached hydrogens (tertiary/aromatic N) is 3. The summed E-state index contributed by atoms with van der Waals surface area (Å²) in [5.74, 6) is 0. The van der Waals surface area contributed by atoms with E-state index in [4.69, 9.17) is 5.53 Å². The molecule has 0 fully saturated rings. The van der Waals surface area contributed by atoms with Gasteiger partial charge < -0.3 is 0 Å². The van der Waals surface area contributed by atoms with Gasteiger partial charge in [-0.15, -0.1) is 0 Å². The van der Waals surface area contributed by atoms with Crippen LogP contribution in [0.5, 0.6) is 0 Å². The molecular formula is C4H9N3OP+. The lowest BCUT2D eigenvalue weighted by Crippen LogP contribution is -1.72. The number of rotatable bonds is 4. The summed E-state index contributed by atoms with van der Waals surface area (Å²) in [7, 11) is -1.63. The fraction of sp³-hybridized carbons (Fsp3) is 1.00. The van der Waals surface area contributed by atoms with Gasteiger partial charge in [0.25, 0.3) is 0 Å². The van der Waals surface area contributed by atoms with Crippen molar-refractivity contribution in [2.75, 3.05) is 6.16 Å². The molecule has 50 valence electrons. The second kappa shape index (κ2) is 5.54. The van der Waals surface area contributed by atoms with Gasteiger partial charge in [0.05, 0.1) is 0 Å². The highest BCUT2D eigenvalue weighted by molar-refractivity contribution is 7.42. The molecule has 1 atom stereocenters. The third-order valence-electron chi connectivity index (χ3n) is 0.843. The summed E-state index contributed by atoms with van der Waals surface area (Å²) in [6, 6.07) is 0. The first-order chi connectivity index (χ1) is 4.31. The van der Waals surface area contributed by atoms with Crippen molar-refractivity contribution in [1.29, 1.82) is 0 Å². The monoisotopic (exact) mass is 146 g/mol. The zero-order valence-corrected chi connectivity index (χ0v) is 6.21. The van der Waals surface area contributed by atoms with Crippen molar-refractivity contribution in [2.45, 2.75) is 19.8 Å². The van der Waals surface area contributed by atoms with Crippen LogP contribution in [-0.2, 0) is 4.57 Å². The van der Waals surface area contributed by atoms with E-state index < -0.39 is 7.95 Å². The molecule has 0 heterocycles. The van der Waals surface area contributed by atoms with Crippen molar-refractivity contribution < 1.29 is 4.57 Å². The molecule has 0 aliphatic heterocycles. The number of unbranched alkanes of at least 4 members (excludes halogenated alkanes) is 1. The molecule has 0 saturated carbocycles. The molecule has 0 aromatic rings. The average molecular weight is 146 g/mol. The fourth-order valence-electron chi connectivity index (χ4n) is 0.383. The fourth-order valence-corrected chi connectivity index (χ4v) is 1.15. The van der Waals surface area contributed by atoms with Gasteiger partial charge in [0.15, 0.2) is 11.0 Å². The minimum atomic E-state index is -1.63. The quantitative estimate of drug-likeness (QED) is 0.260. The standard InChI is InChI=1S/C4H9N3OP/c1-2-3-4-9(8)7-6-5/h2-4H2,1H3/q+1. The van der Waals surface area contributed by atoms with Crippen molar-refractivity contribution in [3.63, 3.8) is 0 Å². The number of hydrogen-bond acceptors (Lipinski definition) is 1. The van der Waals surface area contributed by atoms with Gasteiger partial charge in [-0.25, -0.2) is 0 Å². The molecule has 4 nitrogen and oxygen atoms in total. The first-order valence-electron chi connectivity index (χ1n) is 2.81. The summed E-state index contributed by atoms with van der Waals surface area (Å²) < 4.78 is 10.5. The van der Waals surface area contributed by atoms with Gasteiger partial charge in [-0.1, -0.05) is 17.9 Å². The molecular weight excluding hydrogens is 137 g/mol. The van der Waals surface area contributed by atoms with Crippen LogP contribution in [0, 0.1) is 0 Å². The van der Waals surface area contributed by atoms with Crippen LogP contribution in [0.25, 0.3) is 10.4 Å². The van der Waals surface area contributed by atoms with Crippen molar-refractivity contribution in [1.82, 2.24) is 0 Å².